The zero-order valence-corrected chi connectivity index (χ0v) is 13.9. The molecule has 0 bridgehead atoms. The minimum Gasteiger partial charge on any atom is -0.481 e. The minimum absolute atomic E-state index is 0.00596. The Morgan fingerprint density at radius 1 is 1.15 bits per heavy atom. The van der Waals surface area contributed by atoms with Crippen LogP contribution in [0.3, 0.4) is 0 Å². The SMILES string of the molecule is CC(C)C(C)(C)CNC(=O)N(CCC(=O)O)C(C)(C)C. The summed E-state index contributed by atoms with van der Waals surface area (Å²) >= 11 is 0. The maximum absolute atomic E-state index is 12.3. The van der Waals surface area contributed by atoms with Crippen molar-refractivity contribution in [3.05, 3.63) is 0 Å². The number of amides is 2. The molecule has 0 unspecified atom stereocenters. The molecule has 0 aliphatic carbocycles. The first-order chi connectivity index (χ1) is 8.88. The molecule has 0 aliphatic heterocycles. The smallest absolute Gasteiger partial charge is 0.317 e. The summed E-state index contributed by atoms with van der Waals surface area (Å²) < 4.78 is 0. The molecule has 2 N–H and O–H groups in total. The molecule has 0 atom stereocenters. The molecule has 118 valence electrons. The number of hydrogen-bond donors (Lipinski definition) is 2. The maximum Gasteiger partial charge on any atom is 0.317 e. The molecule has 20 heavy (non-hydrogen) atoms. The van der Waals surface area contributed by atoms with Gasteiger partial charge in [-0.2, -0.15) is 0 Å². The third-order valence-corrected chi connectivity index (χ3v) is 3.86. The highest BCUT2D eigenvalue weighted by Crippen LogP contribution is 2.25. The van der Waals surface area contributed by atoms with Crippen LogP contribution < -0.4 is 5.32 Å². The molecular formula is C15H30N2O3. The highest BCUT2D eigenvalue weighted by Gasteiger charge is 2.29. The van der Waals surface area contributed by atoms with Gasteiger partial charge in [0.05, 0.1) is 6.42 Å². The van der Waals surface area contributed by atoms with Crippen molar-refractivity contribution >= 4 is 12.0 Å². The largest absolute Gasteiger partial charge is 0.481 e. The zero-order chi connectivity index (χ0) is 16.1. The predicted octanol–water partition coefficient (Wildman–Crippen LogP) is 2.95. The molecule has 0 saturated heterocycles. The summed E-state index contributed by atoms with van der Waals surface area (Å²) in [5.74, 6) is -0.445. The molecule has 2 amide bonds. The van der Waals surface area contributed by atoms with Crippen LogP contribution in [0.5, 0.6) is 0 Å². The van der Waals surface area contributed by atoms with Gasteiger partial charge in [0.15, 0.2) is 0 Å². The van der Waals surface area contributed by atoms with Crippen LogP contribution in [0.25, 0.3) is 0 Å². The van der Waals surface area contributed by atoms with Crippen molar-refractivity contribution in [2.75, 3.05) is 13.1 Å². The lowest BCUT2D eigenvalue weighted by atomic mass is 9.81. The standard InChI is InChI=1S/C15H30N2O3/c1-11(2)15(6,7)10-16-13(20)17(14(3,4)5)9-8-12(18)19/h11H,8-10H2,1-7H3,(H,16,20)(H,18,19). The van der Waals surface area contributed by atoms with Crippen molar-refractivity contribution in [3.63, 3.8) is 0 Å². The van der Waals surface area contributed by atoms with Gasteiger partial charge in [0.1, 0.15) is 0 Å². The molecule has 0 aromatic heterocycles. The van der Waals surface area contributed by atoms with Gasteiger partial charge in [0.25, 0.3) is 0 Å². The monoisotopic (exact) mass is 286 g/mol. The Morgan fingerprint density at radius 2 is 1.65 bits per heavy atom. The fraction of sp³-hybridized carbons (Fsp3) is 0.867. The van der Waals surface area contributed by atoms with Crippen molar-refractivity contribution in [1.29, 1.82) is 0 Å². The van der Waals surface area contributed by atoms with Gasteiger partial charge in [-0.1, -0.05) is 27.7 Å². The van der Waals surface area contributed by atoms with Crippen LogP contribution in [-0.2, 0) is 4.79 Å². The number of carboxylic acid groups (broad SMARTS) is 1. The average Bonchev–Trinajstić information content (AvgIpc) is 2.24. The summed E-state index contributed by atoms with van der Waals surface area (Å²) in [6.45, 7) is 15.0. The van der Waals surface area contributed by atoms with Crippen molar-refractivity contribution in [2.45, 2.75) is 60.4 Å². The molecular weight excluding hydrogens is 256 g/mol. The van der Waals surface area contributed by atoms with Gasteiger partial charge in [-0.25, -0.2) is 4.79 Å². The molecule has 5 nitrogen and oxygen atoms in total. The fourth-order valence-corrected chi connectivity index (χ4v) is 1.55. The molecule has 0 rings (SSSR count). The van der Waals surface area contributed by atoms with E-state index in [1.54, 1.807) is 4.90 Å². The first kappa shape index (κ1) is 18.7. The Labute approximate surface area is 122 Å². The molecule has 0 spiro atoms. The Hall–Kier alpha value is -1.26. The van der Waals surface area contributed by atoms with Crippen molar-refractivity contribution in [1.82, 2.24) is 10.2 Å². The number of aliphatic carboxylic acids is 1. The Morgan fingerprint density at radius 3 is 2.00 bits per heavy atom. The van der Waals surface area contributed by atoms with E-state index in [2.05, 4.69) is 33.0 Å². The summed E-state index contributed by atoms with van der Waals surface area (Å²) in [4.78, 5) is 24.6. The van der Waals surface area contributed by atoms with E-state index in [1.165, 1.54) is 0 Å². The normalized spacial score (nSPS) is 12.4. The topological polar surface area (TPSA) is 69.6 Å². The summed E-state index contributed by atoms with van der Waals surface area (Å²) in [5.41, 5.74) is -0.395. The first-order valence-electron chi connectivity index (χ1n) is 7.15. The number of hydrogen-bond acceptors (Lipinski definition) is 2. The molecule has 0 aromatic carbocycles. The van der Waals surface area contributed by atoms with E-state index in [-0.39, 0.29) is 24.4 Å². The van der Waals surface area contributed by atoms with Crippen LogP contribution in [0.15, 0.2) is 0 Å². The number of carbonyl (C=O) groups excluding carboxylic acids is 1. The van der Waals surface area contributed by atoms with E-state index in [0.29, 0.717) is 12.5 Å². The average molecular weight is 286 g/mol. The van der Waals surface area contributed by atoms with E-state index in [9.17, 15) is 9.59 Å². The summed E-state index contributed by atoms with van der Waals surface area (Å²) in [6, 6.07) is -0.201. The van der Waals surface area contributed by atoms with Crippen LogP contribution >= 0.6 is 0 Å². The lowest BCUT2D eigenvalue weighted by Gasteiger charge is -2.37. The van der Waals surface area contributed by atoms with Gasteiger partial charge < -0.3 is 15.3 Å². The highest BCUT2D eigenvalue weighted by atomic mass is 16.4. The Kier molecular flexibility index (Phi) is 6.51. The van der Waals surface area contributed by atoms with Gasteiger partial charge >= 0.3 is 12.0 Å². The minimum atomic E-state index is -0.894. The van der Waals surface area contributed by atoms with Crippen LogP contribution in [0.1, 0.15) is 54.9 Å². The number of urea groups is 1. The Bertz CT molecular complexity index is 344. The summed E-state index contributed by atoms with van der Waals surface area (Å²) in [6.07, 6.45) is -0.0434. The Balaban J connectivity index is 4.69. The number of rotatable bonds is 6. The van der Waals surface area contributed by atoms with Crippen LogP contribution in [-0.4, -0.2) is 40.6 Å². The van der Waals surface area contributed by atoms with E-state index in [1.807, 2.05) is 20.8 Å². The van der Waals surface area contributed by atoms with Gasteiger partial charge in [0, 0.05) is 18.6 Å². The van der Waals surface area contributed by atoms with Gasteiger partial charge in [-0.3, -0.25) is 4.79 Å². The van der Waals surface area contributed by atoms with Crippen LogP contribution in [0.4, 0.5) is 4.79 Å². The number of carboxylic acids is 1. The highest BCUT2D eigenvalue weighted by molar-refractivity contribution is 5.76. The van der Waals surface area contributed by atoms with E-state index in [4.69, 9.17) is 5.11 Å². The molecule has 5 heteroatoms. The van der Waals surface area contributed by atoms with Crippen LogP contribution in [0, 0.1) is 11.3 Å². The molecule has 0 aliphatic rings. The van der Waals surface area contributed by atoms with Crippen LogP contribution in [0.2, 0.25) is 0 Å². The maximum atomic E-state index is 12.3. The fourth-order valence-electron chi connectivity index (χ4n) is 1.55. The quantitative estimate of drug-likeness (QED) is 0.788. The van der Waals surface area contributed by atoms with Gasteiger partial charge in [0.2, 0.25) is 0 Å². The van der Waals surface area contributed by atoms with Crippen molar-refractivity contribution < 1.29 is 14.7 Å². The molecule has 0 heterocycles. The number of nitrogens with zero attached hydrogens (tertiary/aromatic N) is 1. The van der Waals surface area contributed by atoms with E-state index in [0.717, 1.165) is 0 Å². The summed E-state index contributed by atoms with van der Waals surface area (Å²) in [7, 11) is 0. The molecule has 0 aromatic rings. The lowest BCUT2D eigenvalue weighted by molar-refractivity contribution is -0.137. The van der Waals surface area contributed by atoms with Crippen molar-refractivity contribution in [3.8, 4) is 0 Å². The van der Waals surface area contributed by atoms with Crippen molar-refractivity contribution in [2.24, 2.45) is 11.3 Å². The second-order valence-electron chi connectivity index (χ2n) is 7.27. The third-order valence-electron chi connectivity index (χ3n) is 3.86. The van der Waals surface area contributed by atoms with E-state index >= 15 is 0 Å². The second kappa shape index (κ2) is 6.95. The zero-order valence-electron chi connectivity index (χ0n) is 13.9. The third kappa shape index (κ3) is 6.26. The van der Waals surface area contributed by atoms with E-state index < -0.39 is 11.5 Å². The molecule has 0 saturated carbocycles. The molecule has 0 radical (unpaired) electrons. The predicted molar refractivity (Wildman–Crippen MR) is 80.7 cm³/mol. The van der Waals surface area contributed by atoms with Gasteiger partial charge in [-0.15, -0.1) is 0 Å². The van der Waals surface area contributed by atoms with Gasteiger partial charge in [-0.05, 0) is 32.1 Å². The lowest BCUT2D eigenvalue weighted by Crippen LogP contribution is -2.52. The summed E-state index contributed by atoms with van der Waals surface area (Å²) in [5, 5.41) is 11.7. The number of carbonyl (C=O) groups is 2. The first-order valence-corrected chi connectivity index (χ1v) is 7.15. The molecule has 0 fully saturated rings. The second-order valence-corrected chi connectivity index (χ2v) is 7.27. The number of nitrogens with one attached hydrogen (secondary N) is 1.